The topological polar surface area (TPSA) is 38.3 Å². The van der Waals surface area contributed by atoms with Gasteiger partial charge in [-0.05, 0) is 40.2 Å². The third kappa shape index (κ3) is 3.59. The van der Waals surface area contributed by atoms with E-state index in [9.17, 15) is 13.6 Å². The van der Waals surface area contributed by atoms with Crippen LogP contribution in [0.3, 0.4) is 0 Å². The molecule has 2 aromatic carbocycles. The number of rotatable bonds is 3. The van der Waals surface area contributed by atoms with Crippen LogP contribution in [-0.2, 0) is 0 Å². The van der Waals surface area contributed by atoms with Crippen LogP contribution >= 0.6 is 31.9 Å². The van der Waals surface area contributed by atoms with Crippen LogP contribution in [0, 0.1) is 11.6 Å². The summed E-state index contributed by atoms with van der Waals surface area (Å²) in [5, 5.41) is 2.39. The first-order chi connectivity index (χ1) is 9.92. The van der Waals surface area contributed by atoms with Gasteiger partial charge in [0.2, 0.25) is 0 Å². The monoisotopic (exact) mass is 419 g/mol. The van der Waals surface area contributed by atoms with Crippen LogP contribution in [0.15, 0.2) is 39.3 Å². The molecular formula is C14H9Br2F2NO2. The summed E-state index contributed by atoms with van der Waals surface area (Å²) in [7, 11) is 1.42. The maximum absolute atomic E-state index is 13.7. The Hall–Kier alpha value is -1.47. The first-order valence-electron chi connectivity index (χ1n) is 5.72. The van der Waals surface area contributed by atoms with Crippen molar-refractivity contribution >= 4 is 43.5 Å². The molecule has 0 aliphatic heterocycles. The molecule has 1 N–H and O–H groups in total. The number of halogens is 4. The second kappa shape index (κ2) is 6.53. The van der Waals surface area contributed by atoms with E-state index < -0.39 is 17.5 Å². The Bertz CT molecular complexity index is 684. The summed E-state index contributed by atoms with van der Waals surface area (Å²) >= 11 is 6.28. The summed E-state index contributed by atoms with van der Waals surface area (Å²) in [5.74, 6) is -1.84. The predicted molar refractivity (Wildman–Crippen MR) is 82.7 cm³/mol. The molecule has 0 unspecified atom stereocenters. The quantitative estimate of drug-likeness (QED) is 0.777. The molecule has 0 aromatic heterocycles. The molecule has 0 aliphatic rings. The standard InChI is InChI=1S/C14H9Br2F2NO2/c1-21-12-4-7(15)2-3-9(12)14(20)19-13-10(16)5-8(17)6-11(13)18/h2-6H,1H3,(H,19,20). The van der Waals surface area contributed by atoms with Gasteiger partial charge in [-0.1, -0.05) is 15.9 Å². The molecular weight excluding hydrogens is 412 g/mol. The highest BCUT2D eigenvalue weighted by atomic mass is 79.9. The highest BCUT2D eigenvalue weighted by molar-refractivity contribution is 9.10. The maximum Gasteiger partial charge on any atom is 0.259 e. The molecule has 21 heavy (non-hydrogen) atoms. The van der Waals surface area contributed by atoms with Crippen LogP contribution in [0.1, 0.15) is 10.4 Å². The Morgan fingerprint density at radius 3 is 2.52 bits per heavy atom. The van der Waals surface area contributed by atoms with Crippen molar-refractivity contribution in [2.24, 2.45) is 0 Å². The van der Waals surface area contributed by atoms with E-state index in [1.165, 1.54) is 13.2 Å². The molecule has 0 atom stereocenters. The van der Waals surface area contributed by atoms with Crippen LogP contribution < -0.4 is 10.1 Å². The first kappa shape index (κ1) is 15.9. The van der Waals surface area contributed by atoms with Gasteiger partial charge in [0, 0.05) is 15.0 Å². The zero-order chi connectivity index (χ0) is 15.6. The Kier molecular flexibility index (Phi) is 4.95. The third-order valence-corrected chi connectivity index (χ3v) is 3.77. The van der Waals surface area contributed by atoms with Crippen LogP contribution in [-0.4, -0.2) is 13.0 Å². The van der Waals surface area contributed by atoms with Gasteiger partial charge >= 0.3 is 0 Å². The number of carbonyl (C=O) groups excluding carboxylic acids is 1. The molecule has 0 saturated heterocycles. The maximum atomic E-state index is 13.7. The normalized spacial score (nSPS) is 10.3. The predicted octanol–water partition coefficient (Wildman–Crippen LogP) is 4.75. The highest BCUT2D eigenvalue weighted by Gasteiger charge is 2.17. The van der Waals surface area contributed by atoms with Crippen molar-refractivity contribution in [3.05, 3.63) is 56.5 Å². The second-order valence-corrected chi connectivity index (χ2v) is 5.81. The number of benzene rings is 2. The lowest BCUT2D eigenvalue weighted by molar-refractivity contribution is 0.102. The van der Waals surface area contributed by atoms with E-state index in [2.05, 4.69) is 37.2 Å². The van der Waals surface area contributed by atoms with E-state index in [0.29, 0.717) is 11.8 Å². The average molecular weight is 421 g/mol. The van der Waals surface area contributed by atoms with Gasteiger partial charge in [0.1, 0.15) is 11.6 Å². The molecule has 2 aromatic rings. The second-order valence-electron chi connectivity index (χ2n) is 4.04. The number of ether oxygens (including phenoxy) is 1. The number of hydrogen-bond donors (Lipinski definition) is 1. The summed E-state index contributed by atoms with van der Waals surface area (Å²) in [4.78, 5) is 12.2. The summed E-state index contributed by atoms with van der Waals surface area (Å²) in [6, 6.07) is 6.57. The van der Waals surface area contributed by atoms with E-state index in [1.807, 2.05) is 0 Å². The minimum Gasteiger partial charge on any atom is -0.496 e. The molecule has 1 amide bonds. The highest BCUT2D eigenvalue weighted by Crippen LogP contribution is 2.29. The van der Waals surface area contributed by atoms with Crippen molar-refractivity contribution in [3.8, 4) is 5.75 Å². The van der Waals surface area contributed by atoms with Crippen molar-refractivity contribution in [3.63, 3.8) is 0 Å². The molecule has 0 radical (unpaired) electrons. The van der Waals surface area contributed by atoms with Crippen molar-refractivity contribution in [2.75, 3.05) is 12.4 Å². The van der Waals surface area contributed by atoms with Crippen molar-refractivity contribution in [1.82, 2.24) is 0 Å². The van der Waals surface area contributed by atoms with Gasteiger partial charge in [0.15, 0.2) is 5.82 Å². The van der Waals surface area contributed by atoms with Gasteiger partial charge in [0.25, 0.3) is 5.91 Å². The van der Waals surface area contributed by atoms with E-state index in [0.717, 1.165) is 10.5 Å². The molecule has 0 spiro atoms. The number of carbonyl (C=O) groups is 1. The minimum atomic E-state index is -0.869. The number of hydrogen-bond acceptors (Lipinski definition) is 2. The molecule has 2 rings (SSSR count). The lowest BCUT2D eigenvalue weighted by Gasteiger charge is -2.11. The van der Waals surface area contributed by atoms with E-state index in [-0.39, 0.29) is 15.7 Å². The SMILES string of the molecule is COc1cc(Br)ccc1C(=O)Nc1c(F)cc(F)cc1Br. The summed E-state index contributed by atoms with van der Waals surface area (Å²) in [6.45, 7) is 0. The molecule has 0 heterocycles. The van der Waals surface area contributed by atoms with Crippen molar-refractivity contribution in [2.45, 2.75) is 0 Å². The zero-order valence-corrected chi connectivity index (χ0v) is 13.9. The Morgan fingerprint density at radius 1 is 1.19 bits per heavy atom. The smallest absolute Gasteiger partial charge is 0.259 e. The molecule has 0 aliphatic carbocycles. The average Bonchev–Trinajstić information content (AvgIpc) is 2.42. The van der Waals surface area contributed by atoms with Crippen molar-refractivity contribution in [1.29, 1.82) is 0 Å². The lowest BCUT2D eigenvalue weighted by atomic mass is 10.2. The minimum absolute atomic E-state index is 0.115. The summed E-state index contributed by atoms with van der Waals surface area (Å²) in [5.41, 5.74) is 0.0997. The van der Waals surface area contributed by atoms with E-state index >= 15 is 0 Å². The summed E-state index contributed by atoms with van der Waals surface area (Å²) in [6.07, 6.45) is 0. The third-order valence-electron chi connectivity index (χ3n) is 2.65. The van der Waals surface area contributed by atoms with Gasteiger partial charge in [-0.15, -0.1) is 0 Å². The fourth-order valence-electron chi connectivity index (χ4n) is 1.70. The number of methoxy groups -OCH3 is 1. The van der Waals surface area contributed by atoms with E-state index in [4.69, 9.17) is 4.74 Å². The summed E-state index contributed by atoms with van der Waals surface area (Å²) < 4.78 is 32.7. The van der Waals surface area contributed by atoms with Gasteiger partial charge in [-0.2, -0.15) is 0 Å². The number of amides is 1. The van der Waals surface area contributed by atoms with E-state index in [1.54, 1.807) is 12.1 Å². The van der Waals surface area contributed by atoms with Crippen LogP contribution in [0.5, 0.6) is 5.75 Å². The molecule has 7 heteroatoms. The van der Waals surface area contributed by atoms with Gasteiger partial charge in [-0.3, -0.25) is 4.79 Å². The van der Waals surface area contributed by atoms with Gasteiger partial charge in [-0.25, -0.2) is 8.78 Å². The molecule has 0 fully saturated rings. The molecule has 0 saturated carbocycles. The van der Waals surface area contributed by atoms with Gasteiger partial charge in [0.05, 0.1) is 18.4 Å². The van der Waals surface area contributed by atoms with Crippen LogP contribution in [0.4, 0.5) is 14.5 Å². The Morgan fingerprint density at radius 2 is 1.90 bits per heavy atom. The Labute approximate surface area is 136 Å². The van der Waals surface area contributed by atoms with Crippen LogP contribution in [0.25, 0.3) is 0 Å². The molecule has 3 nitrogen and oxygen atoms in total. The fraction of sp³-hybridized carbons (Fsp3) is 0.0714. The van der Waals surface area contributed by atoms with Crippen molar-refractivity contribution < 1.29 is 18.3 Å². The first-order valence-corrected chi connectivity index (χ1v) is 7.30. The largest absolute Gasteiger partial charge is 0.496 e. The van der Waals surface area contributed by atoms with Gasteiger partial charge < -0.3 is 10.1 Å². The fourth-order valence-corrected chi connectivity index (χ4v) is 2.54. The number of nitrogens with one attached hydrogen (secondary N) is 1. The lowest BCUT2D eigenvalue weighted by Crippen LogP contribution is -2.14. The Balaban J connectivity index is 2.35. The molecule has 0 bridgehead atoms. The zero-order valence-electron chi connectivity index (χ0n) is 10.7. The molecule has 110 valence electrons. The number of anilines is 1. The van der Waals surface area contributed by atoms with Crippen LogP contribution in [0.2, 0.25) is 0 Å².